The third kappa shape index (κ3) is 1.31. The lowest BCUT2D eigenvalue weighted by atomic mass is 9.49. The number of para-hydroxylation sites is 1. The fraction of sp³-hybridized carbons (Fsp3) is 0.636. The van der Waals surface area contributed by atoms with E-state index in [1.54, 1.807) is 0 Å². The predicted octanol–water partition coefficient (Wildman–Crippen LogP) is 2.21. The van der Waals surface area contributed by atoms with Gasteiger partial charge in [-0.25, -0.2) is 4.79 Å². The van der Waals surface area contributed by atoms with Crippen LogP contribution < -0.4 is 4.90 Å². The van der Waals surface area contributed by atoms with Crippen LogP contribution in [0, 0.1) is 5.41 Å². The lowest BCUT2D eigenvalue weighted by molar-refractivity contribution is -0.211. The normalized spacial score (nSPS) is 44.5. The second kappa shape index (κ2) is 4.73. The average Bonchev–Trinajstić information content (AvgIpc) is 3.37. The SMILES string of the molecule is CC[C@@]12CCC(=O)N3CC[C@@]45c6ccccc6N(C)[C@@H]4[C@@](C(=O)OC)(C1)O[C@@]325. The Labute approximate surface area is 164 Å². The number of carbonyl (C=O) groups is 2. The number of anilines is 1. The summed E-state index contributed by atoms with van der Waals surface area (Å²) < 4.78 is 12.3. The van der Waals surface area contributed by atoms with E-state index in [0.717, 1.165) is 24.9 Å². The van der Waals surface area contributed by atoms with Crippen molar-refractivity contribution in [2.45, 2.75) is 61.8 Å². The Morgan fingerprint density at radius 3 is 2.86 bits per heavy atom. The van der Waals surface area contributed by atoms with E-state index in [1.807, 2.05) is 11.0 Å². The maximum Gasteiger partial charge on any atom is 0.340 e. The van der Waals surface area contributed by atoms with Crippen LogP contribution in [0.25, 0.3) is 0 Å². The fourth-order valence-corrected chi connectivity index (χ4v) is 8.05. The van der Waals surface area contributed by atoms with E-state index in [0.29, 0.717) is 19.4 Å². The maximum atomic E-state index is 13.3. The van der Waals surface area contributed by atoms with E-state index < -0.39 is 16.7 Å². The summed E-state index contributed by atoms with van der Waals surface area (Å²) in [7, 11) is 3.51. The van der Waals surface area contributed by atoms with Gasteiger partial charge >= 0.3 is 5.97 Å². The van der Waals surface area contributed by atoms with Crippen LogP contribution in [0.4, 0.5) is 5.69 Å². The van der Waals surface area contributed by atoms with Crippen molar-refractivity contribution in [3.8, 4) is 0 Å². The highest BCUT2D eigenvalue weighted by Gasteiger charge is 2.91. The van der Waals surface area contributed by atoms with Gasteiger partial charge in [0.25, 0.3) is 0 Å². The van der Waals surface area contributed by atoms with Gasteiger partial charge in [0.05, 0.1) is 18.6 Å². The highest BCUT2D eigenvalue weighted by molar-refractivity contribution is 5.89. The molecule has 0 unspecified atom stereocenters. The third-order valence-electron chi connectivity index (χ3n) is 8.75. The number of esters is 1. The van der Waals surface area contributed by atoms with Gasteiger partial charge in [-0.15, -0.1) is 0 Å². The molecule has 5 aliphatic heterocycles. The molecule has 0 N–H and O–H groups in total. The maximum absolute atomic E-state index is 13.3. The molecule has 0 saturated carbocycles. The summed E-state index contributed by atoms with van der Waals surface area (Å²) in [5, 5.41) is 0. The van der Waals surface area contributed by atoms with Gasteiger partial charge in [0.2, 0.25) is 5.91 Å². The molecular weight excluding hydrogens is 356 g/mol. The number of likely N-dealkylation sites (N-methyl/N-ethyl adjacent to an activating group) is 1. The predicted molar refractivity (Wildman–Crippen MR) is 102 cm³/mol. The quantitative estimate of drug-likeness (QED) is 0.734. The molecule has 1 aromatic rings. The highest BCUT2D eigenvalue weighted by atomic mass is 16.6. The molecule has 6 heteroatoms. The van der Waals surface area contributed by atoms with Crippen LogP contribution in [-0.2, 0) is 24.5 Å². The van der Waals surface area contributed by atoms with Gasteiger partial charge < -0.3 is 19.3 Å². The molecule has 5 heterocycles. The molecule has 0 aromatic heterocycles. The van der Waals surface area contributed by atoms with Crippen molar-refractivity contribution in [2.24, 2.45) is 5.41 Å². The lowest BCUT2D eigenvalue weighted by Crippen LogP contribution is -2.71. The first kappa shape index (κ1) is 16.8. The monoisotopic (exact) mass is 382 g/mol. The molecule has 4 fully saturated rings. The van der Waals surface area contributed by atoms with Crippen LogP contribution in [0.3, 0.4) is 0 Å². The third-order valence-corrected chi connectivity index (χ3v) is 8.75. The van der Waals surface area contributed by atoms with Gasteiger partial charge in [-0.05, 0) is 37.3 Å². The van der Waals surface area contributed by atoms with Crippen LogP contribution in [0.5, 0.6) is 0 Å². The summed E-state index contributed by atoms with van der Waals surface area (Å²) in [6, 6.07) is 8.27. The van der Waals surface area contributed by atoms with Crippen molar-refractivity contribution in [1.82, 2.24) is 4.90 Å². The number of benzene rings is 1. The molecule has 5 aliphatic rings. The zero-order valence-corrected chi connectivity index (χ0v) is 16.7. The lowest BCUT2D eigenvalue weighted by Gasteiger charge is -2.57. The largest absolute Gasteiger partial charge is 0.467 e. The minimum Gasteiger partial charge on any atom is -0.467 e. The number of piperidine rings is 1. The molecule has 5 atom stereocenters. The van der Waals surface area contributed by atoms with Crippen molar-refractivity contribution < 1.29 is 19.1 Å². The number of hydrogen-bond acceptors (Lipinski definition) is 5. The van der Waals surface area contributed by atoms with E-state index in [1.165, 1.54) is 12.7 Å². The van der Waals surface area contributed by atoms with Crippen LogP contribution in [0.15, 0.2) is 24.3 Å². The van der Waals surface area contributed by atoms with Crippen LogP contribution in [-0.4, -0.2) is 54.8 Å². The molecule has 1 aromatic carbocycles. The smallest absolute Gasteiger partial charge is 0.340 e. The minimum absolute atomic E-state index is 0.152. The number of fused-ring (bicyclic) bond motifs is 3. The summed E-state index contributed by atoms with van der Waals surface area (Å²) in [6.07, 6.45) is 3.64. The Morgan fingerprint density at radius 1 is 1.32 bits per heavy atom. The first-order valence-corrected chi connectivity index (χ1v) is 10.4. The molecule has 2 bridgehead atoms. The Hall–Kier alpha value is -2.08. The van der Waals surface area contributed by atoms with Gasteiger partial charge in [0, 0.05) is 31.1 Å². The summed E-state index contributed by atoms with van der Waals surface area (Å²) in [5.41, 5.74) is -0.0404. The number of amides is 1. The number of ether oxygens (including phenoxy) is 2. The van der Waals surface area contributed by atoms with Crippen molar-refractivity contribution in [3.05, 3.63) is 29.8 Å². The van der Waals surface area contributed by atoms with Gasteiger partial charge in [-0.3, -0.25) is 4.79 Å². The first-order chi connectivity index (χ1) is 13.4. The average molecular weight is 382 g/mol. The van der Waals surface area contributed by atoms with Crippen molar-refractivity contribution in [2.75, 3.05) is 25.6 Å². The fourth-order valence-electron chi connectivity index (χ4n) is 8.05. The standard InChI is InChI=1S/C22H26N2O4/c1-4-19-10-9-16(25)24-12-11-20-14-7-5-6-8-15(14)23(2)17(20)21(13-19,18(26)27-3)28-22(19,20)24/h5-8,17H,4,9-13H2,1-3H3/t17-,19+,20+,21+,22-/m0/s1. The second-order valence-corrected chi connectivity index (χ2v) is 9.24. The zero-order chi connectivity index (χ0) is 19.5. The topological polar surface area (TPSA) is 59.1 Å². The molecule has 1 amide bonds. The Bertz CT molecular complexity index is 933. The number of methoxy groups -OCH3 is 1. The number of hydrogen-bond donors (Lipinski definition) is 0. The van der Waals surface area contributed by atoms with E-state index in [4.69, 9.17) is 9.47 Å². The van der Waals surface area contributed by atoms with Gasteiger partial charge in [-0.1, -0.05) is 25.1 Å². The Balaban J connectivity index is 1.72. The summed E-state index contributed by atoms with van der Waals surface area (Å²) in [4.78, 5) is 30.6. The summed E-state index contributed by atoms with van der Waals surface area (Å²) in [6.45, 7) is 2.87. The number of rotatable bonds is 2. The van der Waals surface area contributed by atoms with Crippen molar-refractivity contribution >= 4 is 17.6 Å². The summed E-state index contributed by atoms with van der Waals surface area (Å²) >= 11 is 0. The number of carbonyl (C=O) groups excluding carboxylic acids is 2. The van der Waals surface area contributed by atoms with E-state index in [-0.39, 0.29) is 23.3 Å². The first-order valence-electron chi connectivity index (χ1n) is 10.4. The van der Waals surface area contributed by atoms with Gasteiger partial charge in [0.15, 0.2) is 11.3 Å². The molecule has 6 nitrogen and oxygen atoms in total. The number of nitrogens with zero attached hydrogens (tertiary/aromatic N) is 2. The van der Waals surface area contributed by atoms with Crippen LogP contribution in [0.1, 0.15) is 44.6 Å². The van der Waals surface area contributed by atoms with Gasteiger partial charge in [-0.2, -0.15) is 0 Å². The molecule has 2 spiro atoms. The summed E-state index contributed by atoms with van der Waals surface area (Å²) in [5.74, 6) is -0.135. The highest BCUT2D eigenvalue weighted by Crippen LogP contribution is 2.79. The van der Waals surface area contributed by atoms with Crippen LogP contribution >= 0.6 is 0 Å². The Kier molecular flexibility index (Phi) is 2.84. The molecule has 4 saturated heterocycles. The molecule has 28 heavy (non-hydrogen) atoms. The molecular formula is C22H26N2O4. The molecule has 0 aliphatic carbocycles. The molecule has 148 valence electrons. The zero-order valence-electron chi connectivity index (χ0n) is 16.7. The van der Waals surface area contributed by atoms with Crippen LogP contribution in [0.2, 0.25) is 0 Å². The Morgan fingerprint density at radius 2 is 2.11 bits per heavy atom. The van der Waals surface area contributed by atoms with Crippen molar-refractivity contribution in [1.29, 1.82) is 0 Å². The van der Waals surface area contributed by atoms with Crippen molar-refractivity contribution in [3.63, 3.8) is 0 Å². The van der Waals surface area contributed by atoms with E-state index in [2.05, 4.69) is 37.1 Å². The molecule has 6 rings (SSSR count). The minimum atomic E-state index is -1.04. The molecule has 0 radical (unpaired) electrons. The second-order valence-electron chi connectivity index (χ2n) is 9.24. The van der Waals surface area contributed by atoms with E-state index in [9.17, 15) is 9.59 Å². The van der Waals surface area contributed by atoms with Gasteiger partial charge in [0.1, 0.15) is 0 Å². The van der Waals surface area contributed by atoms with E-state index >= 15 is 0 Å².